The van der Waals surface area contributed by atoms with Crippen molar-refractivity contribution in [2.75, 3.05) is 13.1 Å². The summed E-state index contributed by atoms with van der Waals surface area (Å²) in [4.78, 5) is 0. The summed E-state index contributed by atoms with van der Waals surface area (Å²) in [5.74, 6) is 1.01. The Morgan fingerprint density at radius 3 is 1.94 bits per heavy atom. The first-order chi connectivity index (χ1) is 7.72. The molecule has 1 atom stereocenters. The highest BCUT2D eigenvalue weighted by Gasteiger charge is 2.37. The standard InChI is InChI=1S/C10H19N.C3H8.C2H6/c1-9-2-3-10(8-9)4-6-11-7-5-10;1-3-2;1-2/h9,11H,2-8H2,1H3;3H2,1-2H3;1-2H3. The Bertz CT molecular complexity index is 142. The Labute approximate surface area is 103 Å². The van der Waals surface area contributed by atoms with E-state index >= 15 is 0 Å². The Morgan fingerprint density at radius 2 is 1.56 bits per heavy atom. The number of piperidine rings is 1. The number of nitrogens with one attached hydrogen (secondary N) is 1. The predicted octanol–water partition coefficient (Wildman–Crippen LogP) is 4.62. The van der Waals surface area contributed by atoms with Gasteiger partial charge in [0.2, 0.25) is 0 Å². The van der Waals surface area contributed by atoms with Crippen LogP contribution in [0.3, 0.4) is 0 Å². The zero-order valence-electron chi connectivity index (χ0n) is 12.2. The Hall–Kier alpha value is -0.0400. The highest BCUT2D eigenvalue weighted by atomic mass is 14.9. The van der Waals surface area contributed by atoms with Crippen molar-refractivity contribution in [3.8, 4) is 0 Å². The van der Waals surface area contributed by atoms with Gasteiger partial charge >= 0.3 is 0 Å². The second-order valence-corrected chi connectivity index (χ2v) is 5.31. The van der Waals surface area contributed by atoms with Crippen LogP contribution in [0.25, 0.3) is 0 Å². The zero-order chi connectivity index (χ0) is 12.4. The van der Waals surface area contributed by atoms with E-state index in [1.165, 1.54) is 51.6 Å². The third-order valence-corrected chi connectivity index (χ3v) is 3.61. The molecule has 2 aliphatic rings. The summed E-state index contributed by atoms with van der Waals surface area (Å²) in [6, 6.07) is 0. The van der Waals surface area contributed by atoms with Crippen LogP contribution in [0.5, 0.6) is 0 Å². The number of hydrogen-bond acceptors (Lipinski definition) is 1. The van der Waals surface area contributed by atoms with E-state index < -0.39 is 0 Å². The van der Waals surface area contributed by atoms with Gasteiger partial charge in [0.1, 0.15) is 0 Å². The van der Waals surface area contributed by atoms with Crippen molar-refractivity contribution in [1.82, 2.24) is 5.32 Å². The van der Waals surface area contributed by atoms with Gasteiger partial charge in [0.25, 0.3) is 0 Å². The summed E-state index contributed by atoms with van der Waals surface area (Å²) in [7, 11) is 0. The molecule has 0 aromatic carbocycles. The topological polar surface area (TPSA) is 12.0 Å². The molecule has 1 heteroatoms. The quantitative estimate of drug-likeness (QED) is 0.637. The molecule has 1 aliphatic carbocycles. The lowest BCUT2D eigenvalue weighted by atomic mass is 9.77. The molecule has 1 N–H and O–H groups in total. The minimum Gasteiger partial charge on any atom is -0.317 e. The molecule has 1 saturated carbocycles. The molecule has 1 aliphatic heterocycles. The lowest BCUT2D eigenvalue weighted by molar-refractivity contribution is 0.203. The monoisotopic (exact) mass is 227 g/mol. The molecule has 1 saturated heterocycles. The summed E-state index contributed by atoms with van der Waals surface area (Å²) in [5, 5.41) is 3.45. The molecule has 1 nitrogen and oxygen atoms in total. The van der Waals surface area contributed by atoms with Gasteiger partial charge in [0, 0.05) is 0 Å². The van der Waals surface area contributed by atoms with E-state index in [9.17, 15) is 0 Å². The maximum Gasteiger partial charge on any atom is -0.00436 e. The molecule has 16 heavy (non-hydrogen) atoms. The molecule has 0 aromatic rings. The van der Waals surface area contributed by atoms with Crippen molar-refractivity contribution in [3.63, 3.8) is 0 Å². The highest BCUT2D eigenvalue weighted by molar-refractivity contribution is 4.90. The summed E-state index contributed by atoms with van der Waals surface area (Å²) < 4.78 is 0. The summed E-state index contributed by atoms with van der Waals surface area (Å²) in [6.45, 7) is 13.2. The minimum atomic E-state index is 0.782. The molecule has 2 rings (SSSR count). The first kappa shape index (κ1) is 16.0. The normalized spacial score (nSPS) is 26.4. The van der Waals surface area contributed by atoms with Crippen molar-refractivity contribution in [2.45, 2.75) is 73.1 Å². The predicted molar refractivity (Wildman–Crippen MR) is 74.9 cm³/mol. The van der Waals surface area contributed by atoms with E-state index in [0.717, 1.165) is 11.3 Å². The van der Waals surface area contributed by atoms with Gasteiger partial charge in [-0.1, -0.05) is 47.5 Å². The Balaban J connectivity index is 0.000000394. The van der Waals surface area contributed by atoms with Crippen LogP contribution in [0.1, 0.15) is 73.1 Å². The third-order valence-electron chi connectivity index (χ3n) is 3.61. The summed E-state index contributed by atoms with van der Waals surface area (Å²) >= 11 is 0. The Morgan fingerprint density at radius 1 is 1.06 bits per heavy atom. The Kier molecular flexibility index (Phi) is 9.02. The average molecular weight is 227 g/mol. The van der Waals surface area contributed by atoms with Crippen LogP contribution < -0.4 is 5.32 Å². The average Bonchev–Trinajstić information content (AvgIpc) is 2.65. The van der Waals surface area contributed by atoms with E-state index in [1.54, 1.807) is 0 Å². The van der Waals surface area contributed by atoms with Crippen molar-refractivity contribution in [1.29, 1.82) is 0 Å². The highest BCUT2D eigenvalue weighted by Crippen LogP contribution is 2.47. The van der Waals surface area contributed by atoms with Crippen LogP contribution >= 0.6 is 0 Å². The molecule has 0 radical (unpaired) electrons. The summed E-state index contributed by atoms with van der Waals surface area (Å²) in [5.41, 5.74) is 0.782. The maximum absolute atomic E-state index is 3.45. The SMILES string of the molecule is CC.CC1CCC2(CCNCC2)C1.CCC. The molecule has 0 aromatic heterocycles. The largest absolute Gasteiger partial charge is 0.317 e. The lowest BCUT2D eigenvalue weighted by Crippen LogP contribution is -2.34. The summed E-state index contributed by atoms with van der Waals surface area (Å²) in [6.07, 6.45) is 8.64. The molecule has 1 heterocycles. The fourth-order valence-corrected chi connectivity index (χ4v) is 2.91. The van der Waals surface area contributed by atoms with Gasteiger partial charge in [-0.05, 0) is 50.1 Å². The zero-order valence-corrected chi connectivity index (χ0v) is 12.2. The van der Waals surface area contributed by atoms with Crippen molar-refractivity contribution >= 4 is 0 Å². The van der Waals surface area contributed by atoms with Gasteiger partial charge in [-0.15, -0.1) is 0 Å². The van der Waals surface area contributed by atoms with Gasteiger partial charge < -0.3 is 5.32 Å². The van der Waals surface area contributed by atoms with Crippen LogP contribution in [0.2, 0.25) is 0 Å². The van der Waals surface area contributed by atoms with Gasteiger partial charge in [0.05, 0.1) is 0 Å². The van der Waals surface area contributed by atoms with E-state index in [-0.39, 0.29) is 0 Å². The molecule has 98 valence electrons. The first-order valence-electron chi connectivity index (χ1n) is 7.43. The van der Waals surface area contributed by atoms with Crippen molar-refractivity contribution in [3.05, 3.63) is 0 Å². The molecule has 1 unspecified atom stereocenters. The number of rotatable bonds is 0. The third kappa shape index (κ3) is 5.34. The smallest absolute Gasteiger partial charge is 0.00436 e. The fourth-order valence-electron chi connectivity index (χ4n) is 2.91. The second-order valence-electron chi connectivity index (χ2n) is 5.31. The fraction of sp³-hybridized carbons (Fsp3) is 1.00. The van der Waals surface area contributed by atoms with Crippen LogP contribution in [0.4, 0.5) is 0 Å². The molecule has 0 amide bonds. The second kappa shape index (κ2) is 9.04. The van der Waals surface area contributed by atoms with Crippen LogP contribution in [-0.4, -0.2) is 13.1 Å². The van der Waals surface area contributed by atoms with Crippen LogP contribution in [0, 0.1) is 11.3 Å². The van der Waals surface area contributed by atoms with Crippen molar-refractivity contribution in [2.24, 2.45) is 11.3 Å². The lowest BCUT2D eigenvalue weighted by Gasteiger charge is -2.33. The number of hydrogen-bond donors (Lipinski definition) is 1. The molecular weight excluding hydrogens is 194 g/mol. The van der Waals surface area contributed by atoms with Gasteiger partial charge in [0.15, 0.2) is 0 Å². The van der Waals surface area contributed by atoms with Gasteiger partial charge in [-0.25, -0.2) is 0 Å². The van der Waals surface area contributed by atoms with Crippen molar-refractivity contribution < 1.29 is 0 Å². The molecular formula is C15H33N. The van der Waals surface area contributed by atoms with Gasteiger partial charge in [-0.2, -0.15) is 0 Å². The molecule has 0 bridgehead atoms. The van der Waals surface area contributed by atoms with E-state index in [0.29, 0.717) is 0 Å². The first-order valence-corrected chi connectivity index (χ1v) is 7.43. The van der Waals surface area contributed by atoms with E-state index in [4.69, 9.17) is 0 Å². The molecule has 2 fully saturated rings. The molecule has 1 spiro atoms. The minimum absolute atomic E-state index is 0.782. The maximum atomic E-state index is 3.45. The van der Waals surface area contributed by atoms with Crippen LogP contribution in [-0.2, 0) is 0 Å². The van der Waals surface area contributed by atoms with E-state index in [1.807, 2.05) is 13.8 Å². The van der Waals surface area contributed by atoms with E-state index in [2.05, 4.69) is 26.1 Å². The van der Waals surface area contributed by atoms with Crippen LogP contribution in [0.15, 0.2) is 0 Å². The van der Waals surface area contributed by atoms with Gasteiger partial charge in [-0.3, -0.25) is 0 Å².